The van der Waals surface area contributed by atoms with Crippen LogP contribution in [0.15, 0.2) is 30.6 Å². The summed E-state index contributed by atoms with van der Waals surface area (Å²) in [7, 11) is -1.19. The molecule has 1 N–H and O–H groups in total. The molecule has 40 heavy (non-hydrogen) atoms. The van der Waals surface area contributed by atoms with Crippen molar-refractivity contribution in [3.63, 3.8) is 0 Å². The van der Waals surface area contributed by atoms with Crippen molar-refractivity contribution in [2.24, 2.45) is 11.3 Å². The summed E-state index contributed by atoms with van der Waals surface area (Å²) in [6.07, 6.45) is 7.13. The van der Waals surface area contributed by atoms with Gasteiger partial charge in [0.1, 0.15) is 19.0 Å². The molecule has 0 amide bonds. The van der Waals surface area contributed by atoms with Crippen LogP contribution in [-0.4, -0.2) is 63.7 Å². The number of nitrogens with zero attached hydrogens (tertiary/aromatic N) is 5. The van der Waals surface area contributed by atoms with Crippen LogP contribution in [0.3, 0.4) is 0 Å². The molecule has 1 saturated carbocycles. The van der Waals surface area contributed by atoms with E-state index in [1.54, 1.807) is 37.0 Å². The maximum atomic E-state index is 11.3. The molecule has 0 spiro atoms. The Balaban J connectivity index is 1.45. The van der Waals surface area contributed by atoms with Crippen molar-refractivity contribution in [1.82, 2.24) is 24.7 Å². The number of pyridine rings is 2. The second kappa shape index (κ2) is 12.5. The molecule has 0 saturated heterocycles. The van der Waals surface area contributed by atoms with Gasteiger partial charge in [0.05, 0.1) is 12.0 Å². The number of carbonyl (C=O) groups is 1. The van der Waals surface area contributed by atoms with Crippen molar-refractivity contribution in [2.45, 2.75) is 72.4 Å². The summed E-state index contributed by atoms with van der Waals surface area (Å²) in [5.74, 6) is 0.536. The third kappa shape index (κ3) is 7.88. The third-order valence-electron chi connectivity index (χ3n) is 7.07. The standard InChI is InChI=1S/C29H41N5O5Si/c1-20-14-25(39-18-29(2,3)27(35)36)31-16-23(20)22-10-11-24(30-15-22)26-32-28(38-17-21-8-7-9-21)34(33-26)19-37-12-13-40(4,5)6/h10-11,14-16,21H,7-9,12-13,17-19H2,1-6H3,(H,35,36). The Bertz CT molecular complexity index is 1300. The lowest BCUT2D eigenvalue weighted by atomic mass is 9.86. The molecular weight excluding hydrogens is 526 g/mol. The highest BCUT2D eigenvalue weighted by molar-refractivity contribution is 6.76. The van der Waals surface area contributed by atoms with Gasteiger partial charge < -0.3 is 19.3 Å². The van der Waals surface area contributed by atoms with Gasteiger partial charge in [0.25, 0.3) is 0 Å². The highest BCUT2D eigenvalue weighted by Gasteiger charge is 2.28. The minimum atomic E-state index is -1.19. The van der Waals surface area contributed by atoms with Crippen LogP contribution in [0, 0.1) is 18.3 Å². The smallest absolute Gasteiger partial charge is 0.317 e. The number of aliphatic carboxylic acids is 1. The summed E-state index contributed by atoms with van der Waals surface area (Å²) < 4.78 is 19.3. The largest absolute Gasteiger partial charge is 0.481 e. The van der Waals surface area contributed by atoms with E-state index < -0.39 is 19.5 Å². The Morgan fingerprint density at radius 3 is 2.52 bits per heavy atom. The third-order valence-corrected chi connectivity index (χ3v) is 8.77. The predicted octanol–water partition coefficient (Wildman–Crippen LogP) is 5.69. The van der Waals surface area contributed by atoms with E-state index in [0.717, 1.165) is 22.7 Å². The fourth-order valence-corrected chi connectivity index (χ4v) is 4.68. The first-order valence-electron chi connectivity index (χ1n) is 13.9. The molecule has 11 heteroatoms. The summed E-state index contributed by atoms with van der Waals surface area (Å²) in [6.45, 7) is 13.8. The highest BCUT2D eigenvalue weighted by Crippen LogP contribution is 2.29. The van der Waals surface area contributed by atoms with Gasteiger partial charge in [0.2, 0.25) is 11.7 Å². The van der Waals surface area contributed by atoms with Crippen molar-refractivity contribution >= 4 is 14.0 Å². The Hall–Kier alpha value is -3.31. The zero-order valence-corrected chi connectivity index (χ0v) is 25.4. The maximum Gasteiger partial charge on any atom is 0.317 e. The van der Waals surface area contributed by atoms with E-state index in [9.17, 15) is 9.90 Å². The van der Waals surface area contributed by atoms with Gasteiger partial charge in [-0.1, -0.05) is 32.1 Å². The number of aryl methyl sites for hydroxylation is 1. The lowest BCUT2D eigenvalue weighted by Crippen LogP contribution is -2.30. The number of ether oxygens (including phenoxy) is 3. The number of aromatic nitrogens is 5. The molecule has 1 aliphatic carbocycles. The molecule has 0 aromatic carbocycles. The van der Waals surface area contributed by atoms with Crippen LogP contribution in [0.2, 0.25) is 25.7 Å². The van der Waals surface area contributed by atoms with Gasteiger partial charge in [-0.2, -0.15) is 9.67 Å². The number of carboxylic acid groups (broad SMARTS) is 1. The SMILES string of the molecule is Cc1cc(OCC(C)(C)C(=O)O)ncc1-c1ccc(-c2nc(OCC3CCC3)n(COCC[Si](C)(C)C)n2)nc1. The monoisotopic (exact) mass is 567 g/mol. The fourth-order valence-electron chi connectivity index (χ4n) is 3.92. The Morgan fingerprint density at radius 1 is 1.15 bits per heavy atom. The first-order chi connectivity index (χ1) is 18.9. The van der Waals surface area contributed by atoms with E-state index >= 15 is 0 Å². The normalized spacial score (nSPS) is 14.2. The highest BCUT2D eigenvalue weighted by atomic mass is 28.3. The molecule has 3 heterocycles. The van der Waals surface area contributed by atoms with Crippen molar-refractivity contribution in [3.05, 3.63) is 36.2 Å². The molecular formula is C29H41N5O5Si. The van der Waals surface area contributed by atoms with Gasteiger partial charge in [0.15, 0.2) is 0 Å². The van der Waals surface area contributed by atoms with Crippen LogP contribution >= 0.6 is 0 Å². The first kappa shape index (κ1) is 29.7. The summed E-state index contributed by atoms with van der Waals surface area (Å²) in [6, 6.07) is 7.19. The minimum Gasteiger partial charge on any atom is -0.481 e. The van der Waals surface area contributed by atoms with E-state index in [4.69, 9.17) is 14.2 Å². The lowest BCUT2D eigenvalue weighted by molar-refractivity contribution is -0.148. The Kier molecular flexibility index (Phi) is 9.25. The summed E-state index contributed by atoms with van der Waals surface area (Å²) in [5.41, 5.74) is 2.37. The van der Waals surface area contributed by atoms with Crippen LogP contribution in [-0.2, 0) is 16.3 Å². The molecule has 216 valence electrons. The number of rotatable bonds is 14. The van der Waals surface area contributed by atoms with Crippen LogP contribution in [0.1, 0.15) is 38.7 Å². The molecule has 1 fully saturated rings. The lowest BCUT2D eigenvalue weighted by Gasteiger charge is -2.24. The zero-order chi connectivity index (χ0) is 28.9. The topological polar surface area (TPSA) is 121 Å². The average molecular weight is 568 g/mol. The van der Waals surface area contributed by atoms with Gasteiger partial charge >= 0.3 is 12.0 Å². The summed E-state index contributed by atoms with van der Waals surface area (Å²) in [4.78, 5) is 25.0. The molecule has 0 radical (unpaired) electrons. The number of hydrogen-bond donors (Lipinski definition) is 1. The Morgan fingerprint density at radius 2 is 1.93 bits per heavy atom. The summed E-state index contributed by atoms with van der Waals surface area (Å²) >= 11 is 0. The molecule has 0 aliphatic heterocycles. The van der Waals surface area contributed by atoms with Crippen molar-refractivity contribution in [1.29, 1.82) is 0 Å². The van der Waals surface area contributed by atoms with Crippen LogP contribution in [0.4, 0.5) is 0 Å². The van der Waals surface area contributed by atoms with Crippen molar-refractivity contribution < 1.29 is 24.1 Å². The second-order valence-electron chi connectivity index (χ2n) is 12.4. The van der Waals surface area contributed by atoms with Gasteiger partial charge in [-0.3, -0.25) is 9.78 Å². The molecule has 10 nitrogen and oxygen atoms in total. The van der Waals surface area contributed by atoms with Gasteiger partial charge in [-0.25, -0.2) is 4.98 Å². The number of carboxylic acids is 1. The van der Waals surface area contributed by atoms with Crippen molar-refractivity contribution in [3.8, 4) is 34.5 Å². The fraction of sp³-hybridized carbons (Fsp3) is 0.552. The summed E-state index contributed by atoms with van der Waals surface area (Å²) in [5, 5.41) is 13.9. The van der Waals surface area contributed by atoms with Gasteiger partial charge in [-0.05, 0) is 57.2 Å². The van der Waals surface area contributed by atoms with E-state index in [1.807, 2.05) is 19.1 Å². The molecule has 3 aromatic heterocycles. The molecule has 1 aliphatic rings. The molecule has 4 rings (SSSR count). The second-order valence-corrected chi connectivity index (χ2v) is 18.0. The molecule has 3 aromatic rings. The quantitative estimate of drug-likeness (QED) is 0.193. The van der Waals surface area contributed by atoms with E-state index in [2.05, 4.69) is 39.7 Å². The molecule has 0 bridgehead atoms. The van der Waals surface area contributed by atoms with Crippen LogP contribution in [0.5, 0.6) is 11.9 Å². The van der Waals surface area contributed by atoms with E-state index in [1.165, 1.54) is 19.3 Å². The average Bonchev–Trinajstić information content (AvgIpc) is 3.27. The Labute approximate surface area is 237 Å². The zero-order valence-electron chi connectivity index (χ0n) is 24.4. The van der Waals surface area contributed by atoms with Crippen LogP contribution < -0.4 is 9.47 Å². The van der Waals surface area contributed by atoms with Gasteiger partial charge in [-0.15, -0.1) is 5.10 Å². The molecule has 0 unspecified atom stereocenters. The van der Waals surface area contributed by atoms with Crippen molar-refractivity contribution in [2.75, 3.05) is 19.8 Å². The maximum absolute atomic E-state index is 11.3. The number of hydrogen-bond acceptors (Lipinski definition) is 8. The molecule has 0 atom stereocenters. The van der Waals surface area contributed by atoms with E-state index in [-0.39, 0.29) is 6.61 Å². The first-order valence-corrected chi connectivity index (χ1v) is 17.6. The van der Waals surface area contributed by atoms with E-state index in [0.29, 0.717) is 49.3 Å². The minimum absolute atomic E-state index is 0.0275. The van der Waals surface area contributed by atoms with Crippen LogP contribution in [0.25, 0.3) is 22.6 Å². The predicted molar refractivity (Wildman–Crippen MR) is 155 cm³/mol. The van der Waals surface area contributed by atoms with Gasteiger partial charge in [0, 0.05) is 44.3 Å².